The van der Waals surface area contributed by atoms with Crippen LogP contribution in [0.1, 0.15) is 97.7 Å². The maximum absolute atomic E-state index is 13.3. The number of aryl methyl sites for hydroxylation is 8. The highest BCUT2D eigenvalue weighted by Gasteiger charge is 2.35. The van der Waals surface area contributed by atoms with Gasteiger partial charge in [-0.1, -0.05) is 72.7 Å². The molecule has 0 aliphatic carbocycles. The molecule has 0 amide bonds. The summed E-state index contributed by atoms with van der Waals surface area (Å²) in [6, 6.07) is 27.6. The van der Waals surface area contributed by atoms with Crippen molar-refractivity contribution in [3.8, 4) is 45.7 Å². The van der Waals surface area contributed by atoms with Crippen molar-refractivity contribution in [2.24, 2.45) is 28.2 Å². The Hall–Kier alpha value is -11.7. The molecule has 0 aliphatic heterocycles. The Morgan fingerprint density at radius 3 is 0.959 bits per heavy atom. The maximum atomic E-state index is 13.3. The van der Waals surface area contributed by atoms with Gasteiger partial charge in [-0.15, -0.1) is 13.2 Å². The number of hydrogen-bond donors (Lipinski definition) is 0. The van der Waals surface area contributed by atoms with Crippen molar-refractivity contribution < 1.29 is 46.4 Å². The third-order valence-electron chi connectivity index (χ3n) is 15.0. The van der Waals surface area contributed by atoms with Crippen LogP contribution in [0.2, 0.25) is 0 Å². The molecule has 33 heteroatoms. The van der Waals surface area contributed by atoms with Gasteiger partial charge in [-0.05, 0) is 175 Å². The van der Waals surface area contributed by atoms with Crippen LogP contribution in [-0.2, 0) is 66.5 Å². The number of aromatic nitrogens is 20. The third-order valence-corrected chi connectivity index (χ3v) is 15.0. The Balaban J connectivity index is 0.000000158. The molecule has 28 nitrogen and oxygen atoms in total. The SMILES string of the molecule is [3H]c1ccc(OCc2c(-n3nnn(C)c3=O)ccn2C(C)(C)C)c(C)c1.[3H]c1ccc(OCc2c(-n3nnn(C)c3=O)ccn2C(C)C)c(C)c1.[3H]c1ccc(OCc2c(-n3nnn(C)c3=O)ccn2C(F)(F)F)c(C)c1.[3H]c1ccc(OCc2c(-n3nnn(C)c3=O)ccn2C(F)F)c(C)c1. The van der Waals surface area contributed by atoms with Crippen molar-refractivity contribution in [3.05, 3.63) is 233 Å². The van der Waals surface area contributed by atoms with Crippen molar-refractivity contribution in [2.75, 3.05) is 0 Å². The van der Waals surface area contributed by atoms with E-state index in [0.29, 0.717) is 68.2 Å². The van der Waals surface area contributed by atoms with Gasteiger partial charge in [0, 0.05) is 64.6 Å². The smallest absolute Gasteiger partial charge is 0.487 e. The molecule has 0 atom stereocenters. The van der Waals surface area contributed by atoms with Crippen LogP contribution in [0.15, 0.2) is 165 Å². The van der Waals surface area contributed by atoms with Crippen LogP contribution in [0.5, 0.6) is 23.0 Å². The molecule has 0 unspecified atom stereocenters. The van der Waals surface area contributed by atoms with Gasteiger partial charge in [-0.25, -0.2) is 19.2 Å². The quantitative estimate of drug-likeness (QED) is 0.0726. The minimum absolute atomic E-state index is 0.0671. The summed E-state index contributed by atoms with van der Waals surface area (Å²) in [6.07, 6.45) is 1.12. The standard InChI is InChI=1S/C18H23N5O2.C17H21N5O2.C15H14F3N5O2.C15H15F2N5O2/c1-13-8-6-7-9-16(13)25-12-15-14(10-11-22(15)18(2,3)4)23-17(24)21(5)19-20-23;1-12(2)21-10-9-14(22-17(23)20(4)18-19-22)15(21)11-24-16-8-6-5-7-13(16)3;1-10-5-3-4-6-13(10)25-9-12-11(7-8-22(12)15(16,17)18)23-14(24)21(2)19-20-23;1-10-5-3-4-6-13(10)24-9-12-11(7-8-21(12)14(16)17)22-15(23)20(2)18-19-22/h6-11H,12H2,1-5H3;5-10,12H,11H2,1-4H3;3-8H,9H2,1-2H3;3-8,14H,9H2,1-2H3/i6T;5T;2*3T. The van der Waals surface area contributed by atoms with Crippen molar-refractivity contribution in [1.29, 1.82) is 0 Å². The molecule has 0 aliphatic rings. The zero-order valence-electron chi connectivity index (χ0n) is 59.6. The summed E-state index contributed by atoms with van der Waals surface area (Å²) in [5, 5.41) is 29.8. The molecule has 0 spiro atoms. The lowest BCUT2D eigenvalue weighted by atomic mass is 10.1. The molecule has 516 valence electrons. The van der Waals surface area contributed by atoms with Gasteiger partial charge < -0.3 is 28.1 Å². The van der Waals surface area contributed by atoms with Crippen LogP contribution in [0.25, 0.3) is 22.7 Å². The predicted molar refractivity (Wildman–Crippen MR) is 348 cm³/mol. The van der Waals surface area contributed by atoms with Crippen LogP contribution >= 0.6 is 0 Å². The van der Waals surface area contributed by atoms with Gasteiger partial charge in [-0.3, -0.25) is 9.13 Å². The van der Waals surface area contributed by atoms with Crippen molar-refractivity contribution in [2.45, 2.75) is 113 Å². The van der Waals surface area contributed by atoms with Gasteiger partial charge in [0.25, 0.3) is 0 Å². The molecule has 4 aromatic carbocycles. The Kier molecular flexibility index (Phi) is 19.9. The van der Waals surface area contributed by atoms with E-state index < -0.39 is 30.8 Å². The van der Waals surface area contributed by atoms with Crippen LogP contribution in [0.3, 0.4) is 0 Å². The first kappa shape index (κ1) is 65.0. The summed E-state index contributed by atoms with van der Waals surface area (Å²) < 4.78 is 133. The van der Waals surface area contributed by atoms with Crippen LogP contribution in [0, 0.1) is 27.7 Å². The fourth-order valence-electron chi connectivity index (χ4n) is 9.83. The first-order chi connectivity index (χ1) is 48.1. The topological polar surface area (TPSA) is 267 Å². The van der Waals surface area contributed by atoms with E-state index in [-0.39, 0.29) is 76.2 Å². The minimum Gasteiger partial charge on any atom is -0.487 e. The third kappa shape index (κ3) is 15.8. The van der Waals surface area contributed by atoms with E-state index in [1.807, 2.05) is 42.9 Å². The second-order valence-corrected chi connectivity index (χ2v) is 23.3. The highest BCUT2D eigenvalue weighted by Crippen LogP contribution is 2.31. The van der Waals surface area contributed by atoms with Gasteiger partial charge in [0.15, 0.2) is 0 Å². The molecule has 8 heterocycles. The molecule has 0 bridgehead atoms. The Labute approximate surface area is 562 Å². The second kappa shape index (κ2) is 30.0. The van der Waals surface area contributed by atoms with E-state index in [0.717, 1.165) is 53.5 Å². The first-order valence-electron chi connectivity index (χ1n) is 32.1. The van der Waals surface area contributed by atoms with Crippen molar-refractivity contribution in [3.63, 3.8) is 0 Å². The average molecular weight is 1370 g/mol. The number of para-hydroxylation sites is 4. The van der Waals surface area contributed by atoms with Gasteiger partial charge in [-0.2, -0.15) is 46.2 Å². The van der Waals surface area contributed by atoms with E-state index in [9.17, 15) is 41.1 Å². The summed E-state index contributed by atoms with van der Waals surface area (Å²) in [5.74, 6) is 2.23. The monoisotopic (exact) mass is 1360 g/mol. The molecule has 0 N–H and O–H groups in total. The zero-order chi connectivity index (χ0) is 74.4. The number of tetrazole rings is 4. The van der Waals surface area contributed by atoms with E-state index in [2.05, 4.69) is 80.9 Å². The first-order valence-corrected chi connectivity index (χ1v) is 30.1. The summed E-state index contributed by atoms with van der Waals surface area (Å²) in [7, 11) is 5.88. The molecular formula is C65H73F5N20O8. The number of ether oxygens (including phenoxy) is 4. The van der Waals surface area contributed by atoms with Crippen LogP contribution < -0.4 is 41.7 Å². The summed E-state index contributed by atoms with van der Waals surface area (Å²) in [4.78, 5) is 48.5. The van der Waals surface area contributed by atoms with E-state index in [1.165, 1.54) is 63.3 Å². The molecule has 8 aromatic heterocycles. The number of hydrogen-bond acceptors (Lipinski definition) is 16. The number of halogens is 5. The molecule has 0 fully saturated rings. The highest BCUT2D eigenvalue weighted by atomic mass is 19.4. The minimum atomic E-state index is -4.69. The van der Waals surface area contributed by atoms with Gasteiger partial charge in [0.1, 0.15) is 49.4 Å². The summed E-state index contributed by atoms with van der Waals surface area (Å²) in [6.45, 7) is 14.7. The average Bonchev–Trinajstić information content (AvgIpc) is 1.66. The van der Waals surface area contributed by atoms with Crippen LogP contribution in [-0.4, -0.2) is 97.4 Å². The number of rotatable bonds is 18. The lowest BCUT2D eigenvalue weighted by Crippen LogP contribution is -2.26. The van der Waals surface area contributed by atoms with E-state index in [4.69, 9.17) is 24.4 Å². The van der Waals surface area contributed by atoms with Gasteiger partial charge >= 0.3 is 35.6 Å². The van der Waals surface area contributed by atoms with E-state index in [1.54, 1.807) is 82.5 Å². The summed E-state index contributed by atoms with van der Waals surface area (Å²) in [5.41, 5.74) is 3.93. The summed E-state index contributed by atoms with van der Waals surface area (Å²) >= 11 is 0. The maximum Gasteiger partial charge on any atom is 0.488 e. The van der Waals surface area contributed by atoms with Gasteiger partial charge in [0.05, 0.1) is 51.0 Å². The number of alkyl halides is 5. The molecule has 0 saturated heterocycles. The second-order valence-electron chi connectivity index (χ2n) is 23.3. The van der Waals surface area contributed by atoms with Crippen molar-refractivity contribution in [1.82, 2.24) is 97.4 Å². The van der Waals surface area contributed by atoms with E-state index >= 15 is 0 Å². The molecule has 12 aromatic rings. The Bertz CT molecular complexity index is 4880. The zero-order valence-corrected chi connectivity index (χ0v) is 55.6. The van der Waals surface area contributed by atoms with Gasteiger partial charge in [0.2, 0.25) is 0 Å². The lowest BCUT2D eigenvalue weighted by molar-refractivity contribution is -0.205. The van der Waals surface area contributed by atoms with Crippen LogP contribution in [0.4, 0.5) is 22.0 Å². The largest absolute Gasteiger partial charge is 0.488 e. The highest BCUT2D eigenvalue weighted by molar-refractivity contribution is 5.42. The molecule has 0 radical (unpaired) electrons. The predicted octanol–water partition coefficient (Wildman–Crippen LogP) is 8.83. The Morgan fingerprint density at radius 1 is 0.408 bits per heavy atom. The normalized spacial score (nSPS) is 12.0. The van der Waals surface area contributed by atoms with Crippen molar-refractivity contribution >= 4 is 0 Å². The molecule has 12 rings (SSSR count). The lowest BCUT2D eigenvalue weighted by Gasteiger charge is -2.25. The molecular weight excluding hydrogens is 1280 g/mol. The number of benzene rings is 4. The number of nitrogens with zero attached hydrogens (tertiary/aromatic N) is 20. The fraction of sp³-hybridized carbons (Fsp3) is 0.323. The Morgan fingerprint density at radius 2 is 0.684 bits per heavy atom. The molecule has 0 saturated carbocycles. The fourth-order valence-corrected chi connectivity index (χ4v) is 9.83. The molecule has 98 heavy (non-hydrogen) atoms.